The summed E-state index contributed by atoms with van der Waals surface area (Å²) in [6.07, 6.45) is 4.29. The van der Waals surface area contributed by atoms with Crippen LogP contribution in [0.25, 0.3) is 0 Å². The Bertz CT molecular complexity index is 888. The summed E-state index contributed by atoms with van der Waals surface area (Å²) >= 11 is 1.66. The lowest BCUT2D eigenvalue weighted by Gasteiger charge is -2.27. The molecule has 1 saturated heterocycles. The number of carbonyl (C=O) groups is 2. The van der Waals surface area contributed by atoms with Crippen LogP contribution in [0.15, 0.2) is 48.5 Å². The Labute approximate surface area is 177 Å². The maximum absolute atomic E-state index is 12.7. The molecule has 4 nitrogen and oxygen atoms in total. The zero-order chi connectivity index (χ0) is 20.4. The number of rotatable bonds is 5. The molecular formula is C24H28N2O2S. The molecule has 2 aromatic rings. The minimum Gasteiger partial charge on any atom is -0.326 e. The Hall–Kier alpha value is -2.27. The molecule has 29 heavy (non-hydrogen) atoms. The molecule has 1 saturated carbocycles. The van der Waals surface area contributed by atoms with E-state index in [1.165, 1.54) is 5.56 Å². The summed E-state index contributed by atoms with van der Waals surface area (Å²) in [5.74, 6) is 1.26. The first-order chi connectivity index (χ1) is 14.0. The first kappa shape index (κ1) is 20.0. The second-order valence-electron chi connectivity index (χ2n) is 8.23. The zero-order valence-corrected chi connectivity index (χ0v) is 17.9. The van der Waals surface area contributed by atoms with Crippen LogP contribution in [0.2, 0.25) is 0 Å². The Balaban J connectivity index is 1.54. The fourth-order valence-electron chi connectivity index (χ4n) is 4.29. The lowest BCUT2D eigenvalue weighted by Crippen LogP contribution is -2.29. The molecular weight excluding hydrogens is 380 g/mol. The van der Waals surface area contributed by atoms with Gasteiger partial charge in [-0.15, -0.1) is 11.8 Å². The summed E-state index contributed by atoms with van der Waals surface area (Å²) in [5, 5.41) is 3.01. The molecule has 0 aromatic heterocycles. The van der Waals surface area contributed by atoms with E-state index in [1.54, 1.807) is 11.8 Å². The molecule has 1 N–H and O–H groups in total. The third-order valence-corrected chi connectivity index (χ3v) is 7.09. The molecule has 5 heteroatoms. The molecule has 2 aliphatic rings. The number of hydrogen-bond acceptors (Lipinski definition) is 3. The third-order valence-electron chi connectivity index (χ3n) is 5.88. The van der Waals surface area contributed by atoms with Gasteiger partial charge in [0.05, 0.1) is 5.75 Å². The number of nitrogens with zero attached hydrogens (tertiary/aromatic N) is 1. The Morgan fingerprint density at radius 1 is 1.07 bits per heavy atom. The maximum atomic E-state index is 12.7. The summed E-state index contributed by atoms with van der Waals surface area (Å²) in [6, 6.07) is 16.2. The number of carbonyl (C=O) groups excluding carboxylic acids is 2. The zero-order valence-electron chi connectivity index (χ0n) is 17.1. The fraction of sp³-hybridized carbons (Fsp3) is 0.417. The van der Waals surface area contributed by atoms with Gasteiger partial charge < -0.3 is 5.32 Å². The number of benzene rings is 2. The van der Waals surface area contributed by atoms with Gasteiger partial charge in [0.1, 0.15) is 5.37 Å². The molecule has 152 valence electrons. The normalized spacial score (nSPS) is 19.9. The Morgan fingerprint density at radius 2 is 1.76 bits per heavy atom. The molecule has 1 unspecified atom stereocenters. The molecule has 1 heterocycles. The number of nitrogens with one attached hydrogen (secondary N) is 1. The first-order valence-corrected chi connectivity index (χ1v) is 11.5. The number of anilines is 2. The molecule has 2 amide bonds. The highest BCUT2D eigenvalue weighted by Crippen LogP contribution is 2.44. The summed E-state index contributed by atoms with van der Waals surface area (Å²) in [6.45, 7) is 4.31. The molecule has 0 bridgehead atoms. The maximum Gasteiger partial charge on any atom is 0.238 e. The van der Waals surface area contributed by atoms with Gasteiger partial charge in [-0.05, 0) is 48.1 Å². The van der Waals surface area contributed by atoms with Crippen molar-refractivity contribution in [3.8, 4) is 0 Å². The van der Waals surface area contributed by atoms with Crippen molar-refractivity contribution in [2.75, 3.05) is 16.0 Å². The van der Waals surface area contributed by atoms with Crippen molar-refractivity contribution in [1.82, 2.24) is 0 Å². The third kappa shape index (κ3) is 4.20. The van der Waals surface area contributed by atoms with E-state index in [0.717, 1.165) is 42.6 Å². The quantitative estimate of drug-likeness (QED) is 0.689. The van der Waals surface area contributed by atoms with E-state index in [2.05, 4.69) is 25.2 Å². The minimum absolute atomic E-state index is 0.0398. The summed E-state index contributed by atoms with van der Waals surface area (Å²) in [4.78, 5) is 27.0. The van der Waals surface area contributed by atoms with Crippen LogP contribution in [0.3, 0.4) is 0 Å². The van der Waals surface area contributed by atoms with Crippen molar-refractivity contribution >= 4 is 35.0 Å². The average Bonchev–Trinajstić information content (AvgIpc) is 3.38. The van der Waals surface area contributed by atoms with Crippen molar-refractivity contribution in [3.63, 3.8) is 0 Å². The largest absolute Gasteiger partial charge is 0.326 e. The highest BCUT2D eigenvalue weighted by atomic mass is 32.2. The van der Waals surface area contributed by atoms with Gasteiger partial charge in [-0.25, -0.2) is 0 Å². The van der Waals surface area contributed by atoms with Crippen LogP contribution in [-0.2, 0) is 9.59 Å². The standard InChI is InChI=1S/C24H28N2O2S/c1-16(2)20-9-5-6-10-21(20)26-22(27)15-29-24(26)18-11-13-19(14-12-18)25-23(28)17-7-3-4-8-17/h5-6,9-14,16-17,24H,3-4,7-8,15H2,1-2H3,(H,25,28). The van der Waals surface area contributed by atoms with Crippen molar-refractivity contribution in [2.45, 2.75) is 50.8 Å². The SMILES string of the molecule is CC(C)c1ccccc1N1C(=O)CSC1c1ccc(NC(=O)C2CCCC2)cc1. The van der Waals surface area contributed by atoms with E-state index < -0.39 is 0 Å². The monoisotopic (exact) mass is 408 g/mol. The predicted molar refractivity (Wildman–Crippen MR) is 120 cm³/mol. The number of amides is 2. The van der Waals surface area contributed by atoms with Gasteiger partial charge in [-0.1, -0.05) is 57.0 Å². The van der Waals surface area contributed by atoms with Crippen molar-refractivity contribution in [3.05, 3.63) is 59.7 Å². The summed E-state index contributed by atoms with van der Waals surface area (Å²) in [7, 11) is 0. The second-order valence-corrected chi connectivity index (χ2v) is 9.30. The second kappa shape index (κ2) is 8.62. The molecule has 4 rings (SSSR count). The lowest BCUT2D eigenvalue weighted by atomic mass is 10.00. The number of thioether (sulfide) groups is 1. The lowest BCUT2D eigenvalue weighted by molar-refractivity contribution is -0.119. The van der Waals surface area contributed by atoms with Gasteiger partial charge in [0.25, 0.3) is 0 Å². The number of hydrogen-bond donors (Lipinski definition) is 1. The van der Waals surface area contributed by atoms with Gasteiger partial charge in [-0.2, -0.15) is 0 Å². The highest BCUT2D eigenvalue weighted by Gasteiger charge is 2.35. The molecule has 2 aromatic carbocycles. The predicted octanol–water partition coefficient (Wildman–Crippen LogP) is 5.72. The summed E-state index contributed by atoms with van der Waals surface area (Å²) < 4.78 is 0. The van der Waals surface area contributed by atoms with E-state index in [-0.39, 0.29) is 23.1 Å². The fourth-order valence-corrected chi connectivity index (χ4v) is 5.46. The Morgan fingerprint density at radius 3 is 2.45 bits per heavy atom. The average molecular weight is 409 g/mol. The van der Waals surface area contributed by atoms with Crippen molar-refractivity contribution in [2.24, 2.45) is 5.92 Å². The molecule has 0 radical (unpaired) electrons. The van der Waals surface area contributed by atoms with Crippen LogP contribution in [0.4, 0.5) is 11.4 Å². The van der Waals surface area contributed by atoms with Gasteiger partial charge in [-0.3, -0.25) is 14.5 Å². The summed E-state index contributed by atoms with van der Waals surface area (Å²) in [5.41, 5.74) is 4.10. The van der Waals surface area contributed by atoms with Crippen LogP contribution in [0.1, 0.15) is 61.9 Å². The smallest absolute Gasteiger partial charge is 0.238 e. The number of para-hydroxylation sites is 1. The van der Waals surface area contributed by atoms with Crippen LogP contribution in [0, 0.1) is 5.92 Å². The molecule has 2 fully saturated rings. The van der Waals surface area contributed by atoms with E-state index in [1.807, 2.05) is 47.4 Å². The first-order valence-electron chi connectivity index (χ1n) is 10.5. The molecule has 0 spiro atoms. The van der Waals surface area contributed by atoms with Crippen LogP contribution < -0.4 is 10.2 Å². The molecule has 1 aliphatic heterocycles. The van der Waals surface area contributed by atoms with Crippen molar-refractivity contribution < 1.29 is 9.59 Å². The highest BCUT2D eigenvalue weighted by molar-refractivity contribution is 8.00. The van der Waals surface area contributed by atoms with Crippen molar-refractivity contribution in [1.29, 1.82) is 0 Å². The van der Waals surface area contributed by atoms with Gasteiger partial charge in [0, 0.05) is 17.3 Å². The molecule has 1 atom stereocenters. The van der Waals surface area contributed by atoms with Gasteiger partial charge in [0.15, 0.2) is 0 Å². The van der Waals surface area contributed by atoms with Crippen LogP contribution >= 0.6 is 11.8 Å². The van der Waals surface area contributed by atoms with E-state index in [9.17, 15) is 9.59 Å². The Kier molecular flexibility index (Phi) is 5.95. The van der Waals surface area contributed by atoms with Gasteiger partial charge in [0.2, 0.25) is 11.8 Å². The topological polar surface area (TPSA) is 49.4 Å². The van der Waals surface area contributed by atoms with E-state index in [4.69, 9.17) is 0 Å². The van der Waals surface area contributed by atoms with Crippen LogP contribution in [-0.4, -0.2) is 17.6 Å². The van der Waals surface area contributed by atoms with E-state index in [0.29, 0.717) is 11.7 Å². The minimum atomic E-state index is -0.0398. The van der Waals surface area contributed by atoms with Gasteiger partial charge >= 0.3 is 0 Å². The van der Waals surface area contributed by atoms with E-state index >= 15 is 0 Å². The molecule has 1 aliphatic carbocycles. The van der Waals surface area contributed by atoms with Crippen LogP contribution in [0.5, 0.6) is 0 Å².